The van der Waals surface area contributed by atoms with Gasteiger partial charge in [0, 0.05) is 36.8 Å². The Morgan fingerprint density at radius 2 is 1.91 bits per heavy atom. The number of hydrogen-bond donors (Lipinski definition) is 2. The van der Waals surface area contributed by atoms with Crippen molar-refractivity contribution in [1.29, 1.82) is 0 Å². The molecular formula is C25H29N5O2. The third-order valence-corrected chi connectivity index (χ3v) is 5.71. The van der Waals surface area contributed by atoms with E-state index in [4.69, 9.17) is 9.73 Å². The molecular weight excluding hydrogens is 402 g/mol. The van der Waals surface area contributed by atoms with E-state index >= 15 is 0 Å². The van der Waals surface area contributed by atoms with Crippen molar-refractivity contribution in [3.8, 4) is 0 Å². The Kier molecular flexibility index (Phi) is 7.27. The van der Waals surface area contributed by atoms with Crippen LogP contribution >= 0.6 is 0 Å². The summed E-state index contributed by atoms with van der Waals surface area (Å²) in [5, 5.41) is 15.1. The normalized spacial score (nSPS) is 18.4. The lowest BCUT2D eigenvalue weighted by Crippen LogP contribution is -2.33. The lowest BCUT2D eigenvalue weighted by atomic mass is 9.87. The maximum atomic E-state index is 11.8. The minimum atomic E-state index is -0.394. The van der Waals surface area contributed by atoms with Gasteiger partial charge in [-0.25, -0.2) is 4.79 Å². The van der Waals surface area contributed by atoms with E-state index in [9.17, 15) is 4.79 Å². The molecule has 0 fully saturated rings. The van der Waals surface area contributed by atoms with Crippen LogP contribution in [0.2, 0.25) is 0 Å². The van der Waals surface area contributed by atoms with Gasteiger partial charge in [0.05, 0.1) is 0 Å². The number of aliphatic imine (C=N–C) groups is 1. The van der Waals surface area contributed by atoms with Crippen LogP contribution in [0, 0.1) is 5.92 Å². The maximum Gasteiger partial charge on any atom is 0.407 e. The van der Waals surface area contributed by atoms with Crippen molar-refractivity contribution >= 4 is 29.0 Å². The maximum absolute atomic E-state index is 11.8. The average Bonchev–Trinajstić information content (AvgIpc) is 2.81. The van der Waals surface area contributed by atoms with Gasteiger partial charge in [0.25, 0.3) is 0 Å². The molecule has 7 nitrogen and oxygen atoms in total. The molecule has 2 aliphatic heterocycles. The molecule has 0 saturated heterocycles. The summed E-state index contributed by atoms with van der Waals surface area (Å²) in [7, 11) is 0. The van der Waals surface area contributed by atoms with Crippen molar-refractivity contribution < 1.29 is 9.53 Å². The monoisotopic (exact) mass is 431 g/mol. The number of amidine groups is 1. The summed E-state index contributed by atoms with van der Waals surface area (Å²) < 4.78 is 5.23. The zero-order valence-electron chi connectivity index (χ0n) is 18.4. The van der Waals surface area contributed by atoms with Crippen molar-refractivity contribution in [3.05, 3.63) is 65.7 Å². The molecule has 0 spiro atoms. The highest BCUT2D eigenvalue weighted by Crippen LogP contribution is 2.27. The number of anilines is 1. The number of alkyl carbamates (subject to hydrolysis) is 1. The van der Waals surface area contributed by atoms with Crippen molar-refractivity contribution in [2.45, 2.75) is 39.2 Å². The Hall–Kier alpha value is -3.48. The minimum Gasteiger partial charge on any atom is -0.445 e. The third-order valence-electron chi connectivity index (χ3n) is 5.71. The predicted molar refractivity (Wildman–Crippen MR) is 129 cm³/mol. The van der Waals surface area contributed by atoms with Crippen molar-refractivity contribution in [3.63, 3.8) is 0 Å². The van der Waals surface area contributed by atoms with Gasteiger partial charge >= 0.3 is 6.09 Å². The highest BCUT2D eigenvalue weighted by Gasteiger charge is 2.26. The minimum absolute atomic E-state index is 0.276. The van der Waals surface area contributed by atoms with E-state index in [2.05, 4.69) is 46.0 Å². The Labute approximate surface area is 188 Å². The molecule has 0 aliphatic carbocycles. The van der Waals surface area contributed by atoms with Crippen LogP contribution in [0.1, 0.15) is 37.3 Å². The lowest BCUT2D eigenvalue weighted by Gasteiger charge is -2.26. The van der Waals surface area contributed by atoms with E-state index in [0.29, 0.717) is 19.0 Å². The molecule has 0 unspecified atom stereocenters. The van der Waals surface area contributed by atoms with Crippen LogP contribution in [0.25, 0.3) is 0 Å². The SMILES string of the molecule is CC1=NN=C2C[C@H]1Cc1ccccc1NC2=NCCCCNC(=O)OCc1ccccc1. The Bertz CT molecular complexity index is 1030. The first kappa shape index (κ1) is 21.7. The molecule has 1 amide bonds. The number of nitrogens with one attached hydrogen (secondary N) is 2. The fraction of sp³-hybridized carbons (Fsp3) is 0.360. The molecule has 2 aromatic carbocycles. The topological polar surface area (TPSA) is 87.4 Å². The van der Waals surface area contributed by atoms with Crippen LogP contribution in [0.4, 0.5) is 10.5 Å². The van der Waals surface area contributed by atoms with Gasteiger partial charge in [-0.3, -0.25) is 4.99 Å². The molecule has 0 aromatic heterocycles. The molecule has 2 aliphatic rings. The fourth-order valence-corrected chi connectivity index (χ4v) is 3.82. The second-order valence-electron chi connectivity index (χ2n) is 8.10. The number of ether oxygens (including phenoxy) is 1. The third kappa shape index (κ3) is 5.81. The summed E-state index contributed by atoms with van der Waals surface area (Å²) in [6.07, 6.45) is 3.08. The molecule has 2 heterocycles. The zero-order valence-corrected chi connectivity index (χ0v) is 18.4. The molecule has 2 N–H and O–H groups in total. The number of nitrogens with zero attached hydrogens (tertiary/aromatic N) is 3. The van der Waals surface area contributed by atoms with Crippen LogP contribution in [0.3, 0.4) is 0 Å². The molecule has 7 heteroatoms. The number of carbonyl (C=O) groups excluding carboxylic acids is 1. The molecule has 1 atom stereocenters. The lowest BCUT2D eigenvalue weighted by molar-refractivity contribution is 0.139. The largest absolute Gasteiger partial charge is 0.445 e. The number of amides is 1. The Morgan fingerprint density at radius 3 is 2.78 bits per heavy atom. The average molecular weight is 432 g/mol. The molecule has 166 valence electrons. The first-order valence-corrected chi connectivity index (χ1v) is 11.1. The van der Waals surface area contributed by atoms with Gasteiger partial charge in [-0.05, 0) is 43.4 Å². The quantitative estimate of drug-likeness (QED) is 0.628. The molecule has 0 radical (unpaired) electrons. The number of rotatable bonds is 7. The van der Waals surface area contributed by atoms with Crippen LogP contribution in [0.5, 0.6) is 0 Å². The molecule has 4 rings (SSSR count). The van der Waals surface area contributed by atoms with Crippen LogP contribution in [0.15, 0.2) is 69.8 Å². The van der Waals surface area contributed by atoms with Gasteiger partial charge in [0.15, 0.2) is 0 Å². The number of unbranched alkanes of at least 4 members (excludes halogenated alkanes) is 1. The highest BCUT2D eigenvalue weighted by atomic mass is 16.5. The number of carbonyl (C=O) groups is 1. The first-order chi connectivity index (χ1) is 15.7. The van der Waals surface area contributed by atoms with Gasteiger partial charge in [0.1, 0.15) is 18.2 Å². The van der Waals surface area contributed by atoms with Crippen molar-refractivity contribution in [1.82, 2.24) is 5.32 Å². The van der Waals surface area contributed by atoms with E-state index in [0.717, 1.165) is 54.2 Å². The van der Waals surface area contributed by atoms with E-state index < -0.39 is 6.09 Å². The van der Waals surface area contributed by atoms with Gasteiger partial charge in [-0.2, -0.15) is 10.2 Å². The number of para-hydroxylation sites is 1. The number of hydrogen-bond acceptors (Lipinski definition) is 5. The molecule has 0 saturated carbocycles. The summed E-state index contributed by atoms with van der Waals surface area (Å²) in [6, 6.07) is 18.0. The summed E-state index contributed by atoms with van der Waals surface area (Å²) in [4.78, 5) is 16.6. The number of fused-ring (bicyclic) bond motifs is 3. The van der Waals surface area contributed by atoms with E-state index in [1.54, 1.807) is 0 Å². The first-order valence-electron chi connectivity index (χ1n) is 11.1. The fourth-order valence-electron chi connectivity index (χ4n) is 3.82. The Morgan fingerprint density at radius 1 is 1.09 bits per heavy atom. The van der Waals surface area contributed by atoms with Gasteiger partial charge in [-0.15, -0.1) is 0 Å². The predicted octanol–water partition coefficient (Wildman–Crippen LogP) is 4.60. The standard InChI is InChI=1S/C25H29N5O2/c1-18-21-15-20-11-5-6-12-22(20)28-24(23(16-21)30-29-18)26-13-7-8-14-27-25(31)32-17-19-9-3-2-4-10-19/h2-6,9-12,21H,7-8,13-17H2,1H3,(H,26,28)(H,27,31)/t21-/m1/s1. The van der Waals surface area contributed by atoms with Gasteiger partial charge in [0.2, 0.25) is 0 Å². The second-order valence-corrected chi connectivity index (χ2v) is 8.10. The zero-order chi connectivity index (χ0) is 22.2. The summed E-state index contributed by atoms with van der Waals surface area (Å²) >= 11 is 0. The number of benzene rings is 2. The van der Waals surface area contributed by atoms with Crippen molar-refractivity contribution in [2.24, 2.45) is 21.1 Å². The summed E-state index contributed by atoms with van der Waals surface area (Å²) in [5.74, 6) is 1.16. The summed E-state index contributed by atoms with van der Waals surface area (Å²) in [6.45, 7) is 3.54. The van der Waals surface area contributed by atoms with E-state index in [1.807, 2.05) is 36.4 Å². The molecule has 2 aromatic rings. The van der Waals surface area contributed by atoms with Gasteiger partial charge in [-0.1, -0.05) is 48.5 Å². The molecule has 32 heavy (non-hydrogen) atoms. The van der Waals surface area contributed by atoms with Crippen LogP contribution in [-0.4, -0.2) is 36.4 Å². The Balaban J connectivity index is 1.26. The van der Waals surface area contributed by atoms with Crippen LogP contribution in [-0.2, 0) is 17.8 Å². The van der Waals surface area contributed by atoms with Crippen LogP contribution < -0.4 is 10.6 Å². The second kappa shape index (κ2) is 10.7. The highest BCUT2D eigenvalue weighted by molar-refractivity contribution is 6.46. The summed E-state index contributed by atoms with van der Waals surface area (Å²) in [5.41, 5.74) is 5.33. The van der Waals surface area contributed by atoms with Crippen molar-refractivity contribution in [2.75, 3.05) is 18.4 Å². The van der Waals surface area contributed by atoms with E-state index in [-0.39, 0.29) is 6.61 Å². The van der Waals surface area contributed by atoms with Gasteiger partial charge < -0.3 is 15.4 Å². The smallest absolute Gasteiger partial charge is 0.407 e. The molecule has 2 bridgehead atoms. The van der Waals surface area contributed by atoms with E-state index in [1.165, 1.54) is 5.56 Å².